The topological polar surface area (TPSA) is 144 Å². The number of nitrogen functional groups attached to an aromatic ring is 1. The van der Waals surface area contributed by atoms with E-state index in [1.54, 1.807) is 18.2 Å². The molecule has 12 heteroatoms. The van der Waals surface area contributed by atoms with Gasteiger partial charge in [0.1, 0.15) is 0 Å². The molecule has 0 atom stereocenters. The summed E-state index contributed by atoms with van der Waals surface area (Å²) < 4.78 is 32.1. The molecule has 0 spiro atoms. The molecule has 0 bridgehead atoms. The number of carbonyl (C=O) groups is 2. The highest BCUT2D eigenvalue weighted by Gasteiger charge is 2.27. The minimum atomic E-state index is -3.77. The van der Waals surface area contributed by atoms with Crippen LogP contribution >= 0.6 is 11.6 Å². The van der Waals surface area contributed by atoms with Crippen molar-refractivity contribution in [1.82, 2.24) is 20.1 Å². The van der Waals surface area contributed by atoms with Crippen molar-refractivity contribution >= 4 is 50.0 Å². The zero-order chi connectivity index (χ0) is 23.6. The molecule has 1 saturated heterocycles. The zero-order valence-corrected chi connectivity index (χ0v) is 18.8. The van der Waals surface area contributed by atoms with Crippen molar-refractivity contribution in [3.8, 4) is 0 Å². The first kappa shape index (κ1) is 22.9. The minimum Gasteiger partial charge on any atom is -0.397 e. The first-order valence-electron chi connectivity index (χ1n) is 9.90. The van der Waals surface area contributed by atoms with Gasteiger partial charge in [0.2, 0.25) is 10.0 Å². The van der Waals surface area contributed by atoms with Crippen LogP contribution < -0.4 is 16.6 Å². The molecule has 1 fully saturated rings. The molecule has 0 aliphatic carbocycles. The second kappa shape index (κ2) is 9.32. The van der Waals surface area contributed by atoms with Crippen LogP contribution in [0.3, 0.4) is 0 Å². The van der Waals surface area contributed by atoms with E-state index in [2.05, 4.69) is 15.8 Å². The number of nitrogens with zero attached hydrogens (tertiary/aromatic N) is 2. The third kappa shape index (κ3) is 4.76. The van der Waals surface area contributed by atoms with Crippen LogP contribution in [-0.4, -0.2) is 55.8 Å². The number of anilines is 1. The van der Waals surface area contributed by atoms with Crippen LogP contribution in [0.5, 0.6) is 0 Å². The van der Waals surface area contributed by atoms with Gasteiger partial charge in [-0.05, 0) is 36.4 Å². The van der Waals surface area contributed by atoms with Crippen molar-refractivity contribution < 1.29 is 22.7 Å². The van der Waals surface area contributed by atoms with Crippen LogP contribution in [0.15, 0.2) is 53.6 Å². The third-order valence-corrected chi connectivity index (χ3v) is 7.24. The number of amides is 2. The first-order chi connectivity index (χ1) is 15.8. The molecule has 4 rings (SSSR count). The van der Waals surface area contributed by atoms with Gasteiger partial charge in [0.05, 0.1) is 34.9 Å². The number of carbonyl (C=O) groups excluding carboxylic acids is 2. The molecule has 33 heavy (non-hydrogen) atoms. The summed E-state index contributed by atoms with van der Waals surface area (Å²) in [4.78, 5) is 29.3. The summed E-state index contributed by atoms with van der Waals surface area (Å²) in [6.45, 7) is 1.09. The molecule has 0 saturated carbocycles. The molecular formula is C21H20ClN5O5S. The standard InChI is InChI=1S/C21H20ClN5O5S/c22-14-4-5-18-16(11-14)19(23)17(12-24-18)21(29)26-25-20(28)13-2-1-3-15(10-13)33(30,31)27-6-8-32-9-7-27/h1-5,10-12H,6-9H2,(H2,23,24)(H,25,28)(H,26,29). The van der Waals surface area contributed by atoms with Gasteiger partial charge < -0.3 is 10.5 Å². The number of sulfonamides is 1. The number of rotatable bonds is 4. The number of ether oxygens (including phenoxy) is 1. The lowest BCUT2D eigenvalue weighted by Crippen LogP contribution is -2.42. The lowest BCUT2D eigenvalue weighted by molar-refractivity contribution is 0.0730. The van der Waals surface area contributed by atoms with E-state index in [-0.39, 0.29) is 34.8 Å². The Balaban J connectivity index is 1.48. The Morgan fingerprint density at radius 3 is 2.55 bits per heavy atom. The van der Waals surface area contributed by atoms with Gasteiger partial charge in [0.15, 0.2) is 0 Å². The van der Waals surface area contributed by atoms with Crippen molar-refractivity contribution in [2.24, 2.45) is 0 Å². The molecule has 1 aliphatic rings. The minimum absolute atomic E-state index is 0.0248. The number of halogens is 1. The summed E-state index contributed by atoms with van der Waals surface area (Å²) in [5.74, 6) is -1.38. The average molecular weight is 490 g/mol. The van der Waals surface area contributed by atoms with Gasteiger partial charge >= 0.3 is 0 Å². The van der Waals surface area contributed by atoms with Gasteiger partial charge in [0.25, 0.3) is 11.8 Å². The van der Waals surface area contributed by atoms with E-state index in [0.717, 1.165) is 0 Å². The van der Waals surface area contributed by atoms with E-state index in [9.17, 15) is 18.0 Å². The van der Waals surface area contributed by atoms with Gasteiger partial charge in [-0.25, -0.2) is 8.42 Å². The lowest BCUT2D eigenvalue weighted by atomic mass is 10.1. The van der Waals surface area contributed by atoms with Crippen LogP contribution in [-0.2, 0) is 14.8 Å². The van der Waals surface area contributed by atoms with Gasteiger partial charge in [-0.1, -0.05) is 17.7 Å². The number of nitrogens with two attached hydrogens (primary N) is 1. The Hall–Kier alpha value is -3.25. The fourth-order valence-electron chi connectivity index (χ4n) is 3.35. The second-order valence-electron chi connectivity index (χ2n) is 7.20. The van der Waals surface area contributed by atoms with E-state index in [4.69, 9.17) is 22.1 Å². The highest BCUT2D eigenvalue weighted by atomic mass is 35.5. The van der Waals surface area contributed by atoms with Crippen molar-refractivity contribution in [1.29, 1.82) is 0 Å². The summed E-state index contributed by atoms with van der Waals surface area (Å²) in [7, 11) is -3.77. The smallest absolute Gasteiger partial charge is 0.273 e. The molecule has 3 aromatic rings. The Bertz CT molecular complexity index is 1340. The van der Waals surface area contributed by atoms with Gasteiger partial charge in [-0.3, -0.25) is 25.4 Å². The second-order valence-corrected chi connectivity index (χ2v) is 9.57. The van der Waals surface area contributed by atoms with Crippen molar-refractivity contribution in [2.45, 2.75) is 4.90 Å². The van der Waals surface area contributed by atoms with Crippen LogP contribution in [0.4, 0.5) is 5.69 Å². The van der Waals surface area contributed by atoms with E-state index in [0.29, 0.717) is 29.1 Å². The molecule has 1 aliphatic heterocycles. The number of hydrazine groups is 1. The SMILES string of the molecule is Nc1c(C(=O)NNC(=O)c2cccc(S(=O)(=O)N3CCOCC3)c2)cnc2ccc(Cl)cc12. The van der Waals surface area contributed by atoms with Crippen molar-refractivity contribution in [3.63, 3.8) is 0 Å². The zero-order valence-electron chi connectivity index (χ0n) is 17.2. The van der Waals surface area contributed by atoms with Crippen molar-refractivity contribution in [2.75, 3.05) is 32.0 Å². The predicted octanol–water partition coefficient (Wildman–Crippen LogP) is 1.57. The maximum atomic E-state index is 12.8. The molecule has 2 aromatic carbocycles. The van der Waals surface area contributed by atoms with Gasteiger partial charge in [-0.15, -0.1) is 0 Å². The molecule has 0 unspecified atom stereocenters. The number of pyridine rings is 1. The van der Waals surface area contributed by atoms with Gasteiger partial charge in [0, 0.05) is 35.3 Å². The van der Waals surface area contributed by atoms with Crippen molar-refractivity contribution in [3.05, 3.63) is 64.8 Å². The molecule has 4 N–H and O–H groups in total. The number of morpholine rings is 1. The highest BCUT2D eigenvalue weighted by molar-refractivity contribution is 7.89. The van der Waals surface area contributed by atoms with E-state index < -0.39 is 21.8 Å². The van der Waals surface area contributed by atoms with E-state index >= 15 is 0 Å². The quantitative estimate of drug-likeness (QED) is 0.472. The van der Waals surface area contributed by atoms with Crippen LogP contribution in [0.2, 0.25) is 5.02 Å². The summed E-state index contributed by atoms with van der Waals surface area (Å²) in [5.41, 5.74) is 11.5. The molecule has 1 aromatic heterocycles. The normalized spacial score (nSPS) is 14.7. The fourth-order valence-corrected chi connectivity index (χ4v) is 4.98. The Morgan fingerprint density at radius 2 is 1.79 bits per heavy atom. The molecular weight excluding hydrogens is 470 g/mol. The lowest BCUT2D eigenvalue weighted by Gasteiger charge is -2.26. The van der Waals surface area contributed by atoms with E-state index in [1.165, 1.54) is 34.8 Å². The number of hydrogen-bond acceptors (Lipinski definition) is 7. The predicted molar refractivity (Wildman–Crippen MR) is 122 cm³/mol. The Kier molecular flexibility index (Phi) is 6.47. The fraction of sp³-hybridized carbons (Fsp3) is 0.190. The molecule has 10 nitrogen and oxygen atoms in total. The molecule has 2 amide bonds. The number of fused-ring (bicyclic) bond motifs is 1. The monoisotopic (exact) mass is 489 g/mol. The largest absolute Gasteiger partial charge is 0.397 e. The van der Waals surface area contributed by atoms with E-state index in [1.807, 2.05) is 0 Å². The summed E-state index contributed by atoms with van der Waals surface area (Å²) >= 11 is 5.99. The molecule has 2 heterocycles. The maximum Gasteiger partial charge on any atom is 0.273 e. The van der Waals surface area contributed by atoms with Crippen LogP contribution in [0.1, 0.15) is 20.7 Å². The third-order valence-electron chi connectivity index (χ3n) is 5.11. The molecule has 0 radical (unpaired) electrons. The maximum absolute atomic E-state index is 12.8. The van der Waals surface area contributed by atoms with Crippen LogP contribution in [0, 0.1) is 0 Å². The summed E-state index contributed by atoms with van der Waals surface area (Å²) in [5, 5.41) is 0.941. The highest BCUT2D eigenvalue weighted by Crippen LogP contribution is 2.26. The number of aromatic nitrogens is 1. The average Bonchev–Trinajstić information content (AvgIpc) is 2.83. The molecule has 172 valence electrons. The number of hydrogen-bond donors (Lipinski definition) is 3. The number of nitrogens with one attached hydrogen (secondary N) is 2. The van der Waals surface area contributed by atoms with Crippen LogP contribution in [0.25, 0.3) is 10.9 Å². The summed E-state index contributed by atoms with van der Waals surface area (Å²) in [6, 6.07) is 10.5. The number of benzene rings is 2. The first-order valence-corrected chi connectivity index (χ1v) is 11.7. The summed E-state index contributed by atoms with van der Waals surface area (Å²) in [6.07, 6.45) is 1.29. The van der Waals surface area contributed by atoms with Gasteiger partial charge in [-0.2, -0.15) is 4.31 Å². The Labute approximate surface area is 194 Å². The Morgan fingerprint density at radius 1 is 1.06 bits per heavy atom.